The summed E-state index contributed by atoms with van der Waals surface area (Å²) < 4.78 is 15.7. The van der Waals surface area contributed by atoms with Crippen LogP contribution in [-0.2, 0) is 20.9 Å². The van der Waals surface area contributed by atoms with Crippen LogP contribution in [0, 0.1) is 0 Å². The van der Waals surface area contributed by atoms with Crippen molar-refractivity contribution in [1.82, 2.24) is 10.2 Å². The molecule has 3 rings (SSSR count). The molecule has 1 N–H and O–H groups in total. The van der Waals surface area contributed by atoms with Crippen LogP contribution in [-0.4, -0.2) is 43.6 Å². The molecule has 1 fully saturated rings. The van der Waals surface area contributed by atoms with Crippen molar-refractivity contribution in [3.63, 3.8) is 0 Å². The van der Waals surface area contributed by atoms with Gasteiger partial charge in [0.2, 0.25) is 0 Å². The van der Waals surface area contributed by atoms with Crippen molar-refractivity contribution in [2.45, 2.75) is 6.61 Å². The number of urea groups is 1. The Labute approximate surface area is 188 Å². The van der Waals surface area contributed by atoms with Gasteiger partial charge in [-0.3, -0.25) is 9.59 Å². The van der Waals surface area contributed by atoms with Gasteiger partial charge in [0.1, 0.15) is 18.8 Å². The summed E-state index contributed by atoms with van der Waals surface area (Å²) >= 11 is 12.5. The lowest BCUT2D eigenvalue weighted by molar-refractivity contribution is -0.143. The lowest BCUT2D eigenvalue weighted by atomic mass is 10.1. The number of benzene rings is 2. The second-order valence-corrected chi connectivity index (χ2v) is 7.18. The van der Waals surface area contributed by atoms with Crippen molar-refractivity contribution in [1.29, 1.82) is 0 Å². The molecule has 0 unspecified atom stereocenters. The van der Waals surface area contributed by atoms with Gasteiger partial charge in [-0.1, -0.05) is 41.4 Å². The molecule has 0 radical (unpaired) electrons. The van der Waals surface area contributed by atoms with E-state index >= 15 is 0 Å². The molecule has 0 atom stereocenters. The molecule has 3 amide bonds. The van der Waals surface area contributed by atoms with Gasteiger partial charge in [-0.15, -0.1) is 0 Å². The first kappa shape index (κ1) is 22.5. The van der Waals surface area contributed by atoms with Crippen LogP contribution in [0.25, 0.3) is 6.08 Å². The fourth-order valence-electron chi connectivity index (χ4n) is 2.80. The maximum absolute atomic E-state index is 12.4. The Morgan fingerprint density at radius 3 is 2.55 bits per heavy atom. The smallest absolute Gasteiger partial charge is 0.329 e. The Hall–Kier alpha value is -3.23. The molecule has 162 valence electrons. The Bertz CT molecular complexity index is 1070. The highest BCUT2D eigenvalue weighted by atomic mass is 35.5. The maximum atomic E-state index is 12.4. The van der Waals surface area contributed by atoms with E-state index in [4.69, 9.17) is 32.7 Å². The normalized spacial score (nSPS) is 14.6. The van der Waals surface area contributed by atoms with E-state index in [9.17, 15) is 14.4 Å². The molecule has 1 aliphatic rings. The number of hydrogen-bond acceptors (Lipinski definition) is 6. The predicted molar refractivity (Wildman–Crippen MR) is 114 cm³/mol. The Morgan fingerprint density at radius 2 is 1.87 bits per heavy atom. The van der Waals surface area contributed by atoms with Crippen molar-refractivity contribution in [2.24, 2.45) is 0 Å². The number of imide groups is 1. The second-order valence-electron chi connectivity index (χ2n) is 6.37. The average molecular weight is 465 g/mol. The van der Waals surface area contributed by atoms with Gasteiger partial charge in [0, 0.05) is 10.6 Å². The van der Waals surface area contributed by atoms with Gasteiger partial charge >= 0.3 is 12.0 Å². The molecule has 1 saturated heterocycles. The first-order chi connectivity index (χ1) is 14.8. The quantitative estimate of drug-likeness (QED) is 0.381. The molecule has 0 saturated carbocycles. The van der Waals surface area contributed by atoms with Crippen molar-refractivity contribution >= 4 is 47.2 Å². The molecule has 2 aromatic rings. The van der Waals surface area contributed by atoms with E-state index < -0.39 is 24.5 Å². The van der Waals surface area contributed by atoms with Gasteiger partial charge in [0.05, 0.1) is 19.2 Å². The summed E-state index contributed by atoms with van der Waals surface area (Å²) in [4.78, 5) is 36.6. The largest absolute Gasteiger partial charge is 0.493 e. The summed E-state index contributed by atoms with van der Waals surface area (Å²) in [5.74, 6) is -0.742. The van der Waals surface area contributed by atoms with E-state index in [-0.39, 0.29) is 17.3 Å². The Balaban J connectivity index is 1.83. The van der Waals surface area contributed by atoms with E-state index in [1.165, 1.54) is 20.3 Å². The highest BCUT2D eigenvalue weighted by Crippen LogP contribution is 2.38. The van der Waals surface area contributed by atoms with Crippen LogP contribution in [0.5, 0.6) is 11.5 Å². The number of amides is 3. The number of carbonyl (C=O) groups is 3. The minimum absolute atomic E-state index is 0.0169. The van der Waals surface area contributed by atoms with E-state index in [1.54, 1.807) is 18.2 Å². The average Bonchev–Trinajstić information content (AvgIpc) is 3.00. The standard InChI is InChI=1S/C21H18Cl2N2O6/c1-29-17-9-12(8-16-20(27)25(21(28)24-16)10-18(26)30-2)7-15(23)19(17)31-11-13-5-3-4-6-14(13)22/h3-9H,10-11H2,1-2H3,(H,24,28)/b16-8+. The predicted octanol–water partition coefficient (Wildman–Crippen LogP) is 3.65. The van der Waals surface area contributed by atoms with E-state index in [1.807, 2.05) is 18.2 Å². The highest BCUT2D eigenvalue weighted by Gasteiger charge is 2.35. The van der Waals surface area contributed by atoms with Crippen LogP contribution < -0.4 is 14.8 Å². The van der Waals surface area contributed by atoms with Gasteiger partial charge in [-0.2, -0.15) is 0 Å². The molecule has 1 heterocycles. The maximum Gasteiger partial charge on any atom is 0.329 e. The topological polar surface area (TPSA) is 94.2 Å². The Kier molecular flexibility index (Phi) is 7.04. The lowest BCUT2D eigenvalue weighted by Crippen LogP contribution is -2.36. The number of methoxy groups -OCH3 is 2. The molecule has 0 aliphatic carbocycles. The van der Waals surface area contributed by atoms with Crippen LogP contribution in [0.4, 0.5) is 4.79 Å². The van der Waals surface area contributed by atoms with Crippen LogP contribution >= 0.6 is 23.2 Å². The number of halogens is 2. The zero-order chi connectivity index (χ0) is 22.5. The third-order valence-electron chi connectivity index (χ3n) is 4.37. The molecule has 2 aromatic carbocycles. The van der Waals surface area contributed by atoms with Crippen LogP contribution in [0.3, 0.4) is 0 Å². The molecular formula is C21H18Cl2N2O6. The fourth-order valence-corrected chi connectivity index (χ4v) is 3.27. The zero-order valence-corrected chi connectivity index (χ0v) is 18.1. The second kappa shape index (κ2) is 9.72. The summed E-state index contributed by atoms with van der Waals surface area (Å²) in [6.07, 6.45) is 1.42. The number of carbonyl (C=O) groups excluding carboxylic acids is 3. The lowest BCUT2D eigenvalue weighted by Gasteiger charge is -2.14. The molecule has 1 aliphatic heterocycles. The number of esters is 1. The number of hydrogen-bond donors (Lipinski definition) is 1. The van der Waals surface area contributed by atoms with Gasteiger partial charge in [0.25, 0.3) is 5.91 Å². The molecule has 8 nitrogen and oxygen atoms in total. The number of rotatable bonds is 7. The summed E-state index contributed by atoms with van der Waals surface area (Å²) in [6.45, 7) is -0.315. The van der Waals surface area contributed by atoms with E-state index in [2.05, 4.69) is 10.1 Å². The van der Waals surface area contributed by atoms with Gasteiger partial charge in [-0.25, -0.2) is 9.69 Å². The highest BCUT2D eigenvalue weighted by molar-refractivity contribution is 6.32. The van der Waals surface area contributed by atoms with Crippen molar-refractivity contribution < 1.29 is 28.6 Å². The van der Waals surface area contributed by atoms with Gasteiger partial charge < -0.3 is 19.5 Å². The third kappa shape index (κ3) is 5.10. The van der Waals surface area contributed by atoms with Gasteiger partial charge in [-0.05, 0) is 29.8 Å². The number of nitrogens with one attached hydrogen (secondary N) is 1. The zero-order valence-electron chi connectivity index (χ0n) is 16.6. The van der Waals surface area contributed by atoms with Crippen molar-refractivity contribution in [2.75, 3.05) is 20.8 Å². The van der Waals surface area contributed by atoms with E-state index in [0.717, 1.165) is 10.5 Å². The van der Waals surface area contributed by atoms with Crippen LogP contribution in [0.1, 0.15) is 11.1 Å². The molecule has 0 aromatic heterocycles. The number of nitrogens with zero attached hydrogens (tertiary/aromatic N) is 1. The summed E-state index contributed by atoms with van der Waals surface area (Å²) in [5.41, 5.74) is 1.24. The van der Waals surface area contributed by atoms with Crippen molar-refractivity contribution in [3.8, 4) is 11.5 Å². The van der Waals surface area contributed by atoms with E-state index in [0.29, 0.717) is 22.1 Å². The van der Waals surface area contributed by atoms with Crippen LogP contribution in [0.15, 0.2) is 42.1 Å². The molecule has 0 spiro atoms. The fraction of sp³-hybridized carbons (Fsp3) is 0.190. The summed E-state index contributed by atoms with van der Waals surface area (Å²) in [5, 5.41) is 3.22. The minimum Gasteiger partial charge on any atom is -0.493 e. The first-order valence-electron chi connectivity index (χ1n) is 8.99. The monoisotopic (exact) mass is 464 g/mol. The third-order valence-corrected chi connectivity index (χ3v) is 5.02. The SMILES string of the molecule is COC(=O)CN1C(=O)N/C(=C/c2cc(Cl)c(OCc3ccccc3Cl)c(OC)c2)C1=O. The number of ether oxygens (including phenoxy) is 3. The molecule has 10 heteroatoms. The first-order valence-corrected chi connectivity index (χ1v) is 9.74. The molecule has 31 heavy (non-hydrogen) atoms. The van der Waals surface area contributed by atoms with Crippen LogP contribution in [0.2, 0.25) is 10.0 Å². The molecular weight excluding hydrogens is 447 g/mol. The molecule has 0 bridgehead atoms. The Morgan fingerprint density at radius 1 is 1.13 bits per heavy atom. The van der Waals surface area contributed by atoms with Gasteiger partial charge in [0.15, 0.2) is 11.5 Å². The summed E-state index contributed by atoms with van der Waals surface area (Å²) in [7, 11) is 2.62. The summed E-state index contributed by atoms with van der Waals surface area (Å²) in [6, 6.07) is 9.68. The minimum atomic E-state index is -0.723. The van der Waals surface area contributed by atoms with Crippen molar-refractivity contribution in [3.05, 3.63) is 63.3 Å².